The number of nitrogens with one attached hydrogen (secondary N) is 1. The summed E-state index contributed by atoms with van der Waals surface area (Å²) in [6.45, 7) is 6.08. The van der Waals surface area contributed by atoms with Gasteiger partial charge < -0.3 is 4.90 Å². The Morgan fingerprint density at radius 1 is 1.19 bits per heavy atom. The fourth-order valence-electron chi connectivity index (χ4n) is 2.16. The van der Waals surface area contributed by atoms with Gasteiger partial charge in [-0.25, -0.2) is 0 Å². The molecule has 0 aromatic rings. The van der Waals surface area contributed by atoms with Gasteiger partial charge in [0, 0.05) is 6.54 Å². The van der Waals surface area contributed by atoms with Crippen LogP contribution in [0.5, 0.6) is 0 Å². The van der Waals surface area contributed by atoms with Crippen molar-refractivity contribution >= 4 is 5.91 Å². The third kappa shape index (κ3) is 4.12. The van der Waals surface area contributed by atoms with Gasteiger partial charge in [0.25, 0.3) is 0 Å². The molecule has 0 radical (unpaired) electrons. The van der Waals surface area contributed by atoms with E-state index in [1.807, 2.05) is 4.90 Å². The minimum atomic E-state index is 0.103. The fraction of sp³-hybridized carbons (Fsp3) is 0.923. The van der Waals surface area contributed by atoms with Crippen molar-refractivity contribution in [3.63, 3.8) is 0 Å². The molecule has 1 atom stereocenters. The molecule has 0 aliphatic carbocycles. The number of carbonyl (C=O) groups excluding carboxylic acids is 1. The summed E-state index contributed by atoms with van der Waals surface area (Å²) < 4.78 is 0. The molecule has 1 heterocycles. The molecule has 0 bridgehead atoms. The average Bonchev–Trinajstić information content (AvgIpc) is 2.64. The van der Waals surface area contributed by atoms with Crippen molar-refractivity contribution in [3.05, 3.63) is 0 Å². The molecular weight excluding hydrogens is 200 g/mol. The molecule has 16 heavy (non-hydrogen) atoms. The molecule has 1 saturated heterocycles. The van der Waals surface area contributed by atoms with Crippen molar-refractivity contribution in [1.82, 2.24) is 10.2 Å². The Morgan fingerprint density at radius 2 is 1.94 bits per heavy atom. The predicted octanol–water partition coefficient (Wildman–Crippen LogP) is 2.51. The third-order valence-electron chi connectivity index (χ3n) is 3.27. The van der Waals surface area contributed by atoms with Crippen molar-refractivity contribution in [1.29, 1.82) is 0 Å². The Kier molecular flexibility index (Phi) is 6.46. The Morgan fingerprint density at radius 3 is 2.62 bits per heavy atom. The van der Waals surface area contributed by atoms with E-state index in [-0.39, 0.29) is 6.04 Å². The molecule has 1 amide bonds. The van der Waals surface area contributed by atoms with Crippen molar-refractivity contribution in [2.24, 2.45) is 0 Å². The largest absolute Gasteiger partial charge is 0.329 e. The lowest BCUT2D eigenvalue weighted by Gasteiger charge is -2.15. The molecular formula is C13H26N2O. The first-order chi connectivity index (χ1) is 7.79. The summed E-state index contributed by atoms with van der Waals surface area (Å²) in [5.74, 6) is 0.324. The number of rotatable bonds is 8. The molecule has 0 aromatic carbocycles. The molecule has 1 N–H and O–H groups in total. The van der Waals surface area contributed by atoms with Gasteiger partial charge >= 0.3 is 0 Å². The molecule has 1 unspecified atom stereocenters. The zero-order chi connectivity index (χ0) is 11.8. The van der Waals surface area contributed by atoms with Crippen LogP contribution in [0.25, 0.3) is 0 Å². The van der Waals surface area contributed by atoms with Crippen molar-refractivity contribution in [3.8, 4) is 0 Å². The molecule has 1 rings (SSSR count). The highest BCUT2D eigenvalue weighted by Crippen LogP contribution is 2.11. The van der Waals surface area contributed by atoms with E-state index < -0.39 is 0 Å². The highest BCUT2D eigenvalue weighted by molar-refractivity contribution is 5.83. The predicted molar refractivity (Wildman–Crippen MR) is 67.2 cm³/mol. The van der Waals surface area contributed by atoms with E-state index >= 15 is 0 Å². The lowest BCUT2D eigenvalue weighted by Crippen LogP contribution is -2.31. The maximum atomic E-state index is 11.9. The third-order valence-corrected chi connectivity index (χ3v) is 3.27. The Bertz CT molecular complexity index is 206. The van der Waals surface area contributed by atoms with Crippen LogP contribution in [-0.4, -0.2) is 30.1 Å². The van der Waals surface area contributed by atoms with E-state index in [0.29, 0.717) is 5.91 Å². The lowest BCUT2D eigenvalue weighted by atomic mass is 10.1. The van der Waals surface area contributed by atoms with Gasteiger partial charge in [-0.1, -0.05) is 46.0 Å². The second kappa shape index (κ2) is 7.66. The van der Waals surface area contributed by atoms with E-state index in [0.717, 1.165) is 32.5 Å². The normalized spacial score (nSPS) is 20.8. The van der Waals surface area contributed by atoms with E-state index in [1.165, 1.54) is 25.7 Å². The summed E-state index contributed by atoms with van der Waals surface area (Å²) in [5, 5.41) is 3.31. The Balaban J connectivity index is 2.17. The van der Waals surface area contributed by atoms with Crippen LogP contribution in [0.3, 0.4) is 0 Å². The van der Waals surface area contributed by atoms with Gasteiger partial charge in [-0.3, -0.25) is 10.1 Å². The standard InChI is InChI=1S/C13H26N2O/c1-3-5-7-8-10-15-11-14-12(13(15)16)9-6-4-2/h12,14H,3-11H2,1-2H3. The van der Waals surface area contributed by atoms with E-state index in [2.05, 4.69) is 19.2 Å². The van der Waals surface area contributed by atoms with Gasteiger partial charge in [-0.2, -0.15) is 0 Å². The highest BCUT2D eigenvalue weighted by atomic mass is 16.2. The van der Waals surface area contributed by atoms with E-state index in [4.69, 9.17) is 0 Å². The number of unbranched alkanes of at least 4 members (excludes halogenated alkanes) is 4. The molecule has 0 aromatic heterocycles. The van der Waals surface area contributed by atoms with Gasteiger partial charge in [0.1, 0.15) is 0 Å². The molecule has 0 saturated carbocycles. The van der Waals surface area contributed by atoms with Crippen LogP contribution in [0.15, 0.2) is 0 Å². The fourth-order valence-corrected chi connectivity index (χ4v) is 2.16. The van der Waals surface area contributed by atoms with Crippen molar-refractivity contribution < 1.29 is 4.79 Å². The number of nitrogens with zero attached hydrogens (tertiary/aromatic N) is 1. The van der Waals surface area contributed by atoms with Crippen LogP contribution in [0.2, 0.25) is 0 Å². The summed E-state index contributed by atoms with van der Waals surface area (Å²) >= 11 is 0. The van der Waals surface area contributed by atoms with Gasteiger partial charge in [0.05, 0.1) is 12.7 Å². The summed E-state index contributed by atoms with van der Waals surface area (Å²) in [6, 6.07) is 0.103. The smallest absolute Gasteiger partial charge is 0.240 e. The first-order valence-electron chi connectivity index (χ1n) is 6.81. The molecule has 1 aliphatic rings. The van der Waals surface area contributed by atoms with Crippen LogP contribution < -0.4 is 5.32 Å². The number of amides is 1. The number of hydrogen-bond donors (Lipinski definition) is 1. The maximum absolute atomic E-state index is 11.9. The van der Waals surface area contributed by atoms with Crippen molar-refractivity contribution in [2.75, 3.05) is 13.2 Å². The summed E-state index contributed by atoms with van der Waals surface area (Å²) in [6.07, 6.45) is 8.26. The van der Waals surface area contributed by atoms with Crippen LogP contribution in [0, 0.1) is 0 Å². The van der Waals surface area contributed by atoms with Gasteiger partial charge in [0.2, 0.25) is 5.91 Å². The first-order valence-corrected chi connectivity index (χ1v) is 6.81. The minimum absolute atomic E-state index is 0.103. The first kappa shape index (κ1) is 13.5. The molecule has 1 fully saturated rings. The van der Waals surface area contributed by atoms with Gasteiger partial charge in [0.15, 0.2) is 0 Å². The molecule has 94 valence electrons. The van der Waals surface area contributed by atoms with Crippen LogP contribution in [0.4, 0.5) is 0 Å². The summed E-state index contributed by atoms with van der Waals surface area (Å²) in [4.78, 5) is 13.9. The monoisotopic (exact) mass is 226 g/mol. The minimum Gasteiger partial charge on any atom is -0.329 e. The summed E-state index contributed by atoms with van der Waals surface area (Å²) in [7, 11) is 0. The highest BCUT2D eigenvalue weighted by Gasteiger charge is 2.29. The average molecular weight is 226 g/mol. The topological polar surface area (TPSA) is 32.3 Å². The van der Waals surface area contributed by atoms with E-state index in [9.17, 15) is 4.79 Å². The van der Waals surface area contributed by atoms with Crippen LogP contribution in [-0.2, 0) is 4.79 Å². The molecule has 1 aliphatic heterocycles. The second-order valence-electron chi connectivity index (χ2n) is 4.72. The number of carbonyl (C=O) groups is 1. The van der Waals surface area contributed by atoms with Gasteiger partial charge in [-0.05, 0) is 12.8 Å². The van der Waals surface area contributed by atoms with Crippen LogP contribution in [0.1, 0.15) is 58.8 Å². The number of hydrogen-bond acceptors (Lipinski definition) is 2. The summed E-state index contributed by atoms with van der Waals surface area (Å²) in [5.41, 5.74) is 0. The zero-order valence-electron chi connectivity index (χ0n) is 10.8. The molecule has 3 heteroatoms. The Hall–Kier alpha value is -0.570. The SMILES string of the molecule is CCCCCCN1CNC(CCCC)C1=O. The molecule has 3 nitrogen and oxygen atoms in total. The van der Waals surface area contributed by atoms with Crippen molar-refractivity contribution in [2.45, 2.75) is 64.8 Å². The second-order valence-corrected chi connectivity index (χ2v) is 4.72. The Labute approximate surface area is 99.6 Å². The molecule has 0 spiro atoms. The quantitative estimate of drug-likeness (QED) is 0.645. The van der Waals surface area contributed by atoms with Gasteiger partial charge in [-0.15, -0.1) is 0 Å². The zero-order valence-corrected chi connectivity index (χ0v) is 10.8. The lowest BCUT2D eigenvalue weighted by molar-refractivity contribution is -0.129. The maximum Gasteiger partial charge on any atom is 0.240 e. The van der Waals surface area contributed by atoms with Crippen LogP contribution >= 0.6 is 0 Å². The van der Waals surface area contributed by atoms with E-state index in [1.54, 1.807) is 0 Å².